The number of hydrogen-bond acceptors (Lipinski definition) is 2. The quantitative estimate of drug-likeness (QED) is 0.445. The van der Waals surface area contributed by atoms with Gasteiger partial charge in [0.2, 0.25) is 0 Å². The second-order valence-electron chi connectivity index (χ2n) is 3.80. The first-order valence-electron chi connectivity index (χ1n) is 5.17. The third kappa shape index (κ3) is 0.933. The number of thiophene rings is 1. The molecule has 4 aromatic rings. The molecule has 0 saturated heterocycles. The molecule has 0 saturated carbocycles. The molecule has 0 aliphatic carbocycles. The number of fused-ring (bicyclic) bond motifs is 5. The maximum absolute atomic E-state index is 4.61. The van der Waals surface area contributed by atoms with Gasteiger partial charge in [-0.25, -0.2) is 4.98 Å². The lowest BCUT2D eigenvalue weighted by Crippen LogP contribution is -1.84. The van der Waals surface area contributed by atoms with E-state index in [-0.39, 0.29) is 0 Å². The van der Waals surface area contributed by atoms with E-state index >= 15 is 0 Å². The van der Waals surface area contributed by atoms with Gasteiger partial charge in [-0.3, -0.25) is 4.40 Å². The maximum atomic E-state index is 4.61. The molecule has 3 aromatic heterocycles. The van der Waals surface area contributed by atoms with Crippen molar-refractivity contribution in [2.45, 2.75) is 0 Å². The Balaban J connectivity index is 2.42. The van der Waals surface area contributed by atoms with Crippen LogP contribution in [0.25, 0.3) is 26.9 Å². The Hall–Kier alpha value is -1.87. The van der Waals surface area contributed by atoms with Crippen molar-refractivity contribution in [3.8, 4) is 0 Å². The minimum atomic E-state index is 1.02. The second kappa shape index (κ2) is 2.83. The lowest BCUT2D eigenvalue weighted by molar-refractivity contribution is 1.31. The average molecular weight is 224 g/mol. The van der Waals surface area contributed by atoms with Crippen molar-refractivity contribution < 1.29 is 0 Å². The average Bonchev–Trinajstić information content (AvgIpc) is 2.91. The Kier molecular flexibility index (Phi) is 1.47. The van der Waals surface area contributed by atoms with Gasteiger partial charge in [-0.15, -0.1) is 11.3 Å². The largest absolute Gasteiger partial charge is 0.291 e. The van der Waals surface area contributed by atoms with Gasteiger partial charge in [0.1, 0.15) is 5.65 Å². The highest BCUT2D eigenvalue weighted by molar-refractivity contribution is 7.17. The van der Waals surface area contributed by atoms with Crippen molar-refractivity contribution in [1.29, 1.82) is 0 Å². The molecule has 1 aromatic carbocycles. The van der Waals surface area contributed by atoms with Crippen LogP contribution in [0, 0.1) is 0 Å². The molecule has 0 amide bonds. The van der Waals surface area contributed by atoms with Gasteiger partial charge in [-0.1, -0.05) is 12.1 Å². The van der Waals surface area contributed by atoms with Crippen molar-refractivity contribution in [2.24, 2.45) is 0 Å². The highest BCUT2D eigenvalue weighted by Gasteiger charge is 2.06. The van der Waals surface area contributed by atoms with Crippen molar-refractivity contribution in [1.82, 2.24) is 9.38 Å². The summed E-state index contributed by atoms with van der Waals surface area (Å²) in [5.74, 6) is 0. The first-order valence-corrected chi connectivity index (χ1v) is 6.05. The highest BCUT2D eigenvalue weighted by atomic mass is 32.1. The van der Waals surface area contributed by atoms with Crippen LogP contribution in [0.2, 0.25) is 0 Å². The molecule has 0 aliphatic heterocycles. The lowest BCUT2D eigenvalue weighted by Gasteiger charge is -1.97. The molecule has 3 heterocycles. The molecule has 0 unspecified atom stereocenters. The van der Waals surface area contributed by atoms with Crippen LogP contribution in [0.3, 0.4) is 0 Å². The normalized spacial score (nSPS) is 11.8. The second-order valence-corrected chi connectivity index (χ2v) is 4.75. The Morgan fingerprint density at radius 1 is 0.938 bits per heavy atom. The summed E-state index contributed by atoms with van der Waals surface area (Å²) in [7, 11) is 0. The molecule has 2 nitrogen and oxygen atoms in total. The molecule has 0 spiro atoms. The molecule has 0 N–H and O–H groups in total. The smallest absolute Gasteiger partial charge is 0.138 e. The van der Waals surface area contributed by atoms with E-state index in [1.54, 1.807) is 11.3 Å². The van der Waals surface area contributed by atoms with Gasteiger partial charge in [0.15, 0.2) is 0 Å². The van der Waals surface area contributed by atoms with Crippen molar-refractivity contribution >= 4 is 38.2 Å². The Morgan fingerprint density at radius 3 is 2.88 bits per heavy atom. The molecule has 0 atom stereocenters. The van der Waals surface area contributed by atoms with Gasteiger partial charge in [0, 0.05) is 0 Å². The summed E-state index contributed by atoms with van der Waals surface area (Å²) in [5, 5.41) is 2.12. The number of benzene rings is 1. The molecule has 76 valence electrons. The predicted octanol–water partition coefficient (Wildman–Crippen LogP) is 3.70. The zero-order valence-corrected chi connectivity index (χ0v) is 9.24. The van der Waals surface area contributed by atoms with Gasteiger partial charge in [-0.05, 0) is 35.7 Å². The molecule has 4 rings (SSSR count). The fraction of sp³-hybridized carbons (Fsp3) is 0. The monoisotopic (exact) mass is 224 g/mol. The van der Waals surface area contributed by atoms with Crippen molar-refractivity contribution in [3.63, 3.8) is 0 Å². The summed E-state index contributed by atoms with van der Waals surface area (Å²) in [6.45, 7) is 0. The van der Waals surface area contributed by atoms with E-state index in [9.17, 15) is 0 Å². The van der Waals surface area contributed by atoms with E-state index in [0.29, 0.717) is 0 Å². The highest BCUT2D eigenvalue weighted by Crippen LogP contribution is 2.26. The van der Waals surface area contributed by atoms with Crippen molar-refractivity contribution in [3.05, 3.63) is 47.8 Å². The van der Waals surface area contributed by atoms with E-state index in [1.165, 1.54) is 15.7 Å². The molecule has 0 radical (unpaired) electrons. The predicted molar refractivity (Wildman–Crippen MR) is 68.1 cm³/mol. The van der Waals surface area contributed by atoms with E-state index < -0.39 is 0 Å². The first-order chi connectivity index (χ1) is 7.93. The van der Waals surface area contributed by atoms with Gasteiger partial charge >= 0.3 is 0 Å². The van der Waals surface area contributed by atoms with Gasteiger partial charge in [-0.2, -0.15) is 0 Å². The van der Waals surface area contributed by atoms with Crippen LogP contribution in [0.15, 0.2) is 47.8 Å². The standard InChI is InChI=1S/C13H8N2S/c1-2-4-10-9(3-1)14-13-6-5-12-11(15(10)13)7-8-16-12/h1-8H. The number of nitrogens with zero attached hydrogens (tertiary/aromatic N) is 2. The van der Waals surface area contributed by atoms with Crippen LogP contribution < -0.4 is 0 Å². The van der Waals surface area contributed by atoms with Crippen LogP contribution >= 0.6 is 11.3 Å². The zero-order valence-electron chi connectivity index (χ0n) is 8.42. The number of pyridine rings is 1. The molecule has 16 heavy (non-hydrogen) atoms. The first kappa shape index (κ1) is 8.30. The third-order valence-corrected chi connectivity index (χ3v) is 3.76. The van der Waals surface area contributed by atoms with E-state index in [0.717, 1.165) is 11.2 Å². The number of imidazole rings is 1. The molecule has 0 fully saturated rings. The van der Waals surface area contributed by atoms with Gasteiger partial charge in [0.05, 0.1) is 21.3 Å². The summed E-state index contributed by atoms with van der Waals surface area (Å²) in [5.41, 5.74) is 4.51. The van der Waals surface area contributed by atoms with Crippen LogP contribution in [-0.2, 0) is 0 Å². The fourth-order valence-corrected chi connectivity index (χ4v) is 2.95. The number of hydrogen-bond donors (Lipinski definition) is 0. The van der Waals surface area contributed by atoms with E-state index in [2.05, 4.69) is 51.2 Å². The molecular weight excluding hydrogens is 216 g/mol. The molecule has 0 aliphatic rings. The van der Waals surface area contributed by atoms with Crippen LogP contribution in [0.4, 0.5) is 0 Å². The summed E-state index contributed by atoms with van der Waals surface area (Å²) < 4.78 is 3.52. The van der Waals surface area contributed by atoms with Gasteiger partial charge in [0.25, 0.3) is 0 Å². The minimum absolute atomic E-state index is 1.02. The summed E-state index contributed by atoms with van der Waals surface area (Å²) in [6, 6.07) is 14.6. The van der Waals surface area contributed by atoms with Gasteiger partial charge < -0.3 is 0 Å². The van der Waals surface area contributed by atoms with Crippen LogP contribution in [-0.4, -0.2) is 9.38 Å². The molecule has 3 heteroatoms. The Morgan fingerprint density at radius 2 is 1.88 bits per heavy atom. The number of rotatable bonds is 0. The Labute approximate surface area is 95.8 Å². The molecular formula is C13H8N2S. The third-order valence-electron chi connectivity index (χ3n) is 2.88. The zero-order chi connectivity index (χ0) is 10.5. The van der Waals surface area contributed by atoms with Crippen molar-refractivity contribution in [2.75, 3.05) is 0 Å². The topological polar surface area (TPSA) is 17.3 Å². The van der Waals surface area contributed by atoms with E-state index in [1.807, 2.05) is 6.07 Å². The summed E-state index contributed by atoms with van der Waals surface area (Å²) in [4.78, 5) is 4.61. The van der Waals surface area contributed by atoms with E-state index in [4.69, 9.17) is 0 Å². The summed E-state index contributed by atoms with van der Waals surface area (Å²) >= 11 is 1.77. The number of aromatic nitrogens is 2. The maximum Gasteiger partial charge on any atom is 0.138 e. The van der Waals surface area contributed by atoms with Crippen LogP contribution in [0.5, 0.6) is 0 Å². The SMILES string of the molecule is c1ccc2c(c1)nc1ccc3sccc3n12. The Bertz CT molecular complexity index is 810. The molecule has 0 bridgehead atoms. The minimum Gasteiger partial charge on any atom is -0.291 e. The number of para-hydroxylation sites is 2. The summed E-state index contributed by atoms with van der Waals surface area (Å²) in [6.07, 6.45) is 0. The lowest BCUT2D eigenvalue weighted by atomic mass is 10.3. The fourth-order valence-electron chi connectivity index (χ4n) is 2.18. The van der Waals surface area contributed by atoms with Crippen LogP contribution in [0.1, 0.15) is 0 Å².